The Kier molecular flexibility index (Phi) is 7.10. The van der Waals surface area contributed by atoms with Gasteiger partial charge in [-0.15, -0.1) is 0 Å². The van der Waals surface area contributed by atoms with Gasteiger partial charge < -0.3 is 14.4 Å². The molecule has 0 unspecified atom stereocenters. The van der Waals surface area contributed by atoms with Crippen molar-refractivity contribution in [3.63, 3.8) is 0 Å². The van der Waals surface area contributed by atoms with Crippen LogP contribution in [0.2, 0.25) is 0 Å². The molecule has 0 saturated heterocycles. The van der Waals surface area contributed by atoms with Gasteiger partial charge in [0.15, 0.2) is 5.78 Å². The first kappa shape index (κ1) is 20.4. The van der Waals surface area contributed by atoms with Crippen LogP contribution >= 0.6 is 0 Å². The van der Waals surface area contributed by atoms with Crippen molar-refractivity contribution in [2.75, 3.05) is 32.8 Å². The summed E-state index contributed by atoms with van der Waals surface area (Å²) in [6.07, 6.45) is 3.03. The maximum atomic E-state index is 12.9. The van der Waals surface area contributed by atoms with E-state index in [4.69, 9.17) is 9.47 Å². The van der Waals surface area contributed by atoms with Crippen molar-refractivity contribution in [3.8, 4) is 22.6 Å². The molecule has 0 atom stereocenters. The van der Waals surface area contributed by atoms with Crippen molar-refractivity contribution in [1.29, 1.82) is 0 Å². The molecule has 0 saturated carbocycles. The molecule has 0 bridgehead atoms. The van der Waals surface area contributed by atoms with E-state index in [1.54, 1.807) is 0 Å². The van der Waals surface area contributed by atoms with E-state index in [0.29, 0.717) is 24.3 Å². The van der Waals surface area contributed by atoms with E-state index < -0.39 is 0 Å². The SMILES string of the molecule is CCCCOc1cccc2c1-c1c(OCCCN(CC)CC)cccc1C2=O. The molecule has 0 aromatic heterocycles. The van der Waals surface area contributed by atoms with Crippen molar-refractivity contribution in [2.24, 2.45) is 0 Å². The summed E-state index contributed by atoms with van der Waals surface area (Å²) >= 11 is 0. The number of carbonyl (C=O) groups is 1. The minimum atomic E-state index is 0.0551. The number of fused-ring (bicyclic) bond motifs is 3. The summed E-state index contributed by atoms with van der Waals surface area (Å²) in [5, 5.41) is 0. The van der Waals surface area contributed by atoms with Crippen LogP contribution in [0.25, 0.3) is 11.1 Å². The first-order valence-electron chi connectivity index (χ1n) is 10.5. The number of hydrogen-bond acceptors (Lipinski definition) is 4. The first-order valence-corrected chi connectivity index (χ1v) is 10.5. The Morgan fingerprint density at radius 1 is 0.786 bits per heavy atom. The minimum absolute atomic E-state index is 0.0551. The molecule has 0 amide bonds. The average molecular weight is 382 g/mol. The van der Waals surface area contributed by atoms with Crippen molar-refractivity contribution in [3.05, 3.63) is 47.5 Å². The Morgan fingerprint density at radius 2 is 1.32 bits per heavy atom. The molecule has 0 spiro atoms. The molecule has 1 aliphatic carbocycles. The zero-order valence-corrected chi connectivity index (χ0v) is 17.3. The molecule has 28 heavy (non-hydrogen) atoms. The van der Waals surface area contributed by atoms with Crippen LogP contribution in [0.1, 0.15) is 56.0 Å². The first-order chi connectivity index (χ1) is 13.7. The van der Waals surface area contributed by atoms with Gasteiger partial charge in [0, 0.05) is 28.8 Å². The molecular weight excluding hydrogens is 350 g/mol. The van der Waals surface area contributed by atoms with Gasteiger partial charge in [0.25, 0.3) is 0 Å². The Balaban J connectivity index is 1.83. The summed E-state index contributed by atoms with van der Waals surface area (Å²) in [5.74, 6) is 1.60. The van der Waals surface area contributed by atoms with Crippen LogP contribution in [-0.4, -0.2) is 43.5 Å². The Morgan fingerprint density at radius 3 is 1.82 bits per heavy atom. The van der Waals surface area contributed by atoms with Crippen molar-refractivity contribution >= 4 is 5.78 Å². The molecule has 3 rings (SSSR count). The Hall–Kier alpha value is -2.33. The topological polar surface area (TPSA) is 38.8 Å². The second kappa shape index (κ2) is 9.74. The monoisotopic (exact) mass is 381 g/mol. The van der Waals surface area contributed by atoms with Crippen LogP contribution in [-0.2, 0) is 0 Å². The lowest BCUT2D eigenvalue weighted by molar-refractivity contribution is 0.104. The van der Waals surface area contributed by atoms with Gasteiger partial charge in [-0.2, -0.15) is 0 Å². The van der Waals surface area contributed by atoms with E-state index in [-0.39, 0.29) is 5.78 Å². The number of ketones is 1. The molecule has 4 nitrogen and oxygen atoms in total. The predicted octanol–water partition coefficient (Wildman–Crippen LogP) is 5.19. The van der Waals surface area contributed by atoms with Gasteiger partial charge >= 0.3 is 0 Å². The summed E-state index contributed by atoms with van der Waals surface area (Å²) in [6.45, 7) is 10.9. The summed E-state index contributed by atoms with van der Waals surface area (Å²) in [6, 6.07) is 11.5. The Bertz CT molecular complexity index is 811. The third-order valence-electron chi connectivity index (χ3n) is 5.32. The standard InChI is InChI=1S/C24H31NO3/c1-4-7-16-27-20-13-8-11-18-22(20)23-19(24(18)26)12-9-14-21(23)28-17-10-15-25(5-2)6-3/h8-9,11-14H,4-7,10,15-17H2,1-3H3. The van der Waals surface area contributed by atoms with E-state index in [9.17, 15) is 4.79 Å². The van der Waals surface area contributed by atoms with E-state index in [2.05, 4.69) is 25.7 Å². The van der Waals surface area contributed by atoms with E-state index in [1.807, 2.05) is 36.4 Å². The van der Waals surface area contributed by atoms with Gasteiger partial charge in [-0.05, 0) is 38.1 Å². The lowest BCUT2D eigenvalue weighted by atomic mass is 10.0. The van der Waals surface area contributed by atoms with E-state index in [1.165, 1.54) is 0 Å². The van der Waals surface area contributed by atoms with Crippen LogP contribution in [0.4, 0.5) is 0 Å². The second-order valence-corrected chi connectivity index (χ2v) is 7.12. The normalized spacial score (nSPS) is 12.2. The number of hydrogen-bond donors (Lipinski definition) is 0. The fraction of sp³-hybridized carbons (Fsp3) is 0.458. The smallest absolute Gasteiger partial charge is 0.194 e. The molecule has 0 heterocycles. The van der Waals surface area contributed by atoms with Crippen LogP contribution in [0.15, 0.2) is 36.4 Å². The van der Waals surface area contributed by atoms with Gasteiger partial charge in [0.1, 0.15) is 11.5 Å². The quantitative estimate of drug-likeness (QED) is 0.429. The zero-order valence-electron chi connectivity index (χ0n) is 17.3. The third-order valence-corrected chi connectivity index (χ3v) is 5.32. The maximum absolute atomic E-state index is 12.9. The van der Waals surface area contributed by atoms with Gasteiger partial charge in [0.05, 0.1) is 13.2 Å². The molecule has 4 heteroatoms. The number of nitrogens with zero attached hydrogens (tertiary/aromatic N) is 1. The number of benzene rings is 2. The van der Waals surface area contributed by atoms with Crippen LogP contribution in [0, 0.1) is 0 Å². The van der Waals surface area contributed by atoms with Gasteiger partial charge in [-0.3, -0.25) is 4.79 Å². The number of carbonyl (C=O) groups excluding carboxylic acids is 1. The molecule has 150 valence electrons. The highest BCUT2D eigenvalue weighted by molar-refractivity contribution is 6.23. The van der Waals surface area contributed by atoms with E-state index in [0.717, 1.165) is 61.5 Å². The van der Waals surface area contributed by atoms with Gasteiger partial charge in [0.2, 0.25) is 0 Å². The summed E-state index contributed by atoms with van der Waals surface area (Å²) in [4.78, 5) is 15.3. The molecule has 1 aliphatic rings. The molecule has 0 aliphatic heterocycles. The van der Waals surface area contributed by atoms with Crippen molar-refractivity contribution < 1.29 is 14.3 Å². The molecular formula is C24H31NO3. The predicted molar refractivity (Wildman–Crippen MR) is 114 cm³/mol. The van der Waals surface area contributed by atoms with Crippen molar-refractivity contribution in [2.45, 2.75) is 40.0 Å². The summed E-state index contributed by atoms with van der Waals surface area (Å²) in [7, 11) is 0. The fourth-order valence-corrected chi connectivity index (χ4v) is 3.68. The third kappa shape index (κ3) is 4.22. The molecule has 0 N–H and O–H groups in total. The van der Waals surface area contributed by atoms with Gasteiger partial charge in [-0.1, -0.05) is 51.5 Å². The van der Waals surface area contributed by atoms with Crippen LogP contribution in [0.3, 0.4) is 0 Å². The van der Waals surface area contributed by atoms with Crippen LogP contribution in [0.5, 0.6) is 11.5 Å². The number of rotatable bonds is 11. The largest absolute Gasteiger partial charge is 0.493 e. The molecule has 2 aromatic carbocycles. The van der Waals surface area contributed by atoms with E-state index >= 15 is 0 Å². The number of ether oxygens (including phenoxy) is 2. The zero-order chi connectivity index (χ0) is 19.9. The molecule has 2 aromatic rings. The lowest BCUT2D eigenvalue weighted by Crippen LogP contribution is -2.25. The highest BCUT2D eigenvalue weighted by Crippen LogP contribution is 2.47. The minimum Gasteiger partial charge on any atom is -0.493 e. The molecule has 0 fully saturated rings. The average Bonchev–Trinajstić information content (AvgIpc) is 3.02. The number of unbranched alkanes of at least 4 members (excludes halogenated alkanes) is 1. The molecule has 0 radical (unpaired) electrons. The Labute approximate surface area is 168 Å². The maximum Gasteiger partial charge on any atom is 0.194 e. The highest BCUT2D eigenvalue weighted by atomic mass is 16.5. The van der Waals surface area contributed by atoms with Crippen LogP contribution < -0.4 is 9.47 Å². The highest BCUT2D eigenvalue weighted by Gasteiger charge is 2.32. The summed E-state index contributed by atoms with van der Waals surface area (Å²) < 4.78 is 12.2. The second-order valence-electron chi connectivity index (χ2n) is 7.12. The van der Waals surface area contributed by atoms with Gasteiger partial charge in [-0.25, -0.2) is 0 Å². The van der Waals surface area contributed by atoms with Crippen molar-refractivity contribution in [1.82, 2.24) is 4.90 Å². The summed E-state index contributed by atoms with van der Waals surface area (Å²) in [5.41, 5.74) is 3.20. The lowest BCUT2D eigenvalue weighted by Gasteiger charge is -2.18. The fourth-order valence-electron chi connectivity index (χ4n) is 3.68.